The molecule has 0 aromatic heterocycles. The highest BCUT2D eigenvalue weighted by molar-refractivity contribution is 9.10. The summed E-state index contributed by atoms with van der Waals surface area (Å²) >= 11 is 2.12. The van der Waals surface area contributed by atoms with Gasteiger partial charge in [0.1, 0.15) is 5.82 Å². The highest BCUT2D eigenvalue weighted by atomic mass is 79.9. The first-order valence-corrected chi connectivity index (χ1v) is 8.44. The number of hydrogen-bond acceptors (Lipinski definition) is 0. The Morgan fingerprint density at radius 1 is 0.250 bits per heavy atom. The molecule has 0 saturated carbocycles. The summed E-state index contributed by atoms with van der Waals surface area (Å²) in [5, 5.41) is 0. The second kappa shape index (κ2) is 7.98. The van der Waals surface area contributed by atoms with Crippen LogP contribution in [0.5, 0.6) is 0 Å². The van der Waals surface area contributed by atoms with Gasteiger partial charge in [-0.15, -0.1) is 0 Å². The van der Waals surface area contributed by atoms with Gasteiger partial charge in [0.15, 0.2) is 58.2 Å². The summed E-state index contributed by atoms with van der Waals surface area (Å²) in [7, 11) is 0. The van der Waals surface area contributed by atoms with Crippen molar-refractivity contribution >= 4 is 15.9 Å². The minimum atomic E-state index is -2.81. The summed E-state index contributed by atoms with van der Waals surface area (Å²) < 4.78 is 179. The molecule has 0 unspecified atom stereocenters. The van der Waals surface area contributed by atoms with E-state index in [2.05, 4.69) is 15.9 Å². The minimum absolute atomic E-state index is 1.62. The lowest BCUT2D eigenvalue weighted by atomic mass is 9.95. The standard InChI is InChI=1S/C18BrF13/c19-5-1(2-8(22)13(27)17(31)14(28)9(2)23)6(20)3(7(21)12(5)26)4-10(24)15(29)18(32)16(30)11(4)25. The Morgan fingerprint density at radius 2 is 0.469 bits per heavy atom. The molecule has 0 nitrogen and oxygen atoms in total. The van der Waals surface area contributed by atoms with Crippen molar-refractivity contribution in [2.45, 2.75) is 0 Å². The van der Waals surface area contributed by atoms with Crippen LogP contribution in [0.25, 0.3) is 22.3 Å². The van der Waals surface area contributed by atoms with E-state index in [1.165, 1.54) is 0 Å². The van der Waals surface area contributed by atoms with Crippen molar-refractivity contribution in [1.29, 1.82) is 0 Å². The van der Waals surface area contributed by atoms with Crippen molar-refractivity contribution in [1.82, 2.24) is 0 Å². The molecule has 0 aliphatic rings. The Hall–Kier alpha value is -2.77. The Bertz CT molecular complexity index is 1160. The van der Waals surface area contributed by atoms with E-state index in [1.54, 1.807) is 0 Å². The van der Waals surface area contributed by atoms with E-state index in [-0.39, 0.29) is 0 Å². The summed E-state index contributed by atoms with van der Waals surface area (Å²) in [4.78, 5) is 0. The van der Waals surface area contributed by atoms with Gasteiger partial charge in [-0.3, -0.25) is 0 Å². The second-order valence-corrected chi connectivity index (χ2v) is 6.69. The molecule has 170 valence electrons. The number of benzene rings is 3. The molecule has 0 radical (unpaired) electrons. The zero-order valence-corrected chi connectivity index (χ0v) is 15.9. The first-order chi connectivity index (χ1) is 14.7. The van der Waals surface area contributed by atoms with Gasteiger partial charge in [0, 0.05) is 5.56 Å². The molecule has 0 N–H and O–H groups in total. The van der Waals surface area contributed by atoms with E-state index >= 15 is 4.39 Å². The van der Waals surface area contributed by atoms with Crippen LogP contribution in [-0.4, -0.2) is 0 Å². The van der Waals surface area contributed by atoms with Crippen LogP contribution >= 0.6 is 15.9 Å². The van der Waals surface area contributed by atoms with Crippen LogP contribution in [0.4, 0.5) is 57.1 Å². The fourth-order valence-electron chi connectivity index (χ4n) is 2.72. The zero-order valence-electron chi connectivity index (χ0n) is 14.3. The number of halogens is 14. The van der Waals surface area contributed by atoms with Crippen LogP contribution in [0.1, 0.15) is 0 Å². The third kappa shape index (κ3) is 3.14. The van der Waals surface area contributed by atoms with Gasteiger partial charge >= 0.3 is 0 Å². The molecule has 3 aromatic rings. The smallest absolute Gasteiger partial charge is 0.200 e. The number of hydrogen-bond donors (Lipinski definition) is 0. The molecule has 0 spiro atoms. The van der Waals surface area contributed by atoms with Gasteiger partial charge < -0.3 is 0 Å². The van der Waals surface area contributed by atoms with E-state index in [0.717, 1.165) is 0 Å². The van der Waals surface area contributed by atoms with Crippen molar-refractivity contribution in [2.24, 2.45) is 0 Å². The van der Waals surface area contributed by atoms with Crippen molar-refractivity contribution < 1.29 is 57.1 Å². The van der Waals surface area contributed by atoms with Crippen LogP contribution in [0.15, 0.2) is 4.47 Å². The lowest BCUT2D eigenvalue weighted by Crippen LogP contribution is -2.11. The molecular weight excluding hydrogens is 543 g/mol. The van der Waals surface area contributed by atoms with Gasteiger partial charge in [-0.2, -0.15) is 0 Å². The van der Waals surface area contributed by atoms with Gasteiger partial charge in [0.05, 0.1) is 21.2 Å². The molecule has 14 heteroatoms. The molecule has 0 saturated heterocycles. The minimum Gasteiger partial charge on any atom is -0.205 e. The summed E-state index contributed by atoms with van der Waals surface area (Å²) in [6.45, 7) is 0. The van der Waals surface area contributed by atoms with Crippen molar-refractivity contribution in [2.75, 3.05) is 0 Å². The topological polar surface area (TPSA) is 0 Å². The second-order valence-electron chi connectivity index (χ2n) is 5.90. The normalized spacial score (nSPS) is 11.4. The lowest BCUT2D eigenvalue weighted by Gasteiger charge is -2.17. The summed E-state index contributed by atoms with van der Waals surface area (Å²) in [6.07, 6.45) is 0. The van der Waals surface area contributed by atoms with Crippen LogP contribution in [0.2, 0.25) is 0 Å². The van der Waals surface area contributed by atoms with E-state index in [9.17, 15) is 52.7 Å². The average molecular weight is 543 g/mol. The van der Waals surface area contributed by atoms with Crippen LogP contribution in [-0.2, 0) is 0 Å². The van der Waals surface area contributed by atoms with Gasteiger partial charge in [-0.05, 0) is 15.9 Å². The fourth-order valence-corrected chi connectivity index (χ4v) is 3.27. The summed E-state index contributed by atoms with van der Waals surface area (Å²) in [5.74, 6) is -35.2. The van der Waals surface area contributed by atoms with Gasteiger partial charge in [0.2, 0.25) is 11.6 Å². The summed E-state index contributed by atoms with van der Waals surface area (Å²) in [6, 6.07) is 0. The maximum absolute atomic E-state index is 15.0. The average Bonchev–Trinajstić information content (AvgIpc) is 2.76. The van der Waals surface area contributed by atoms with Crippen molar-refractivity contribution in [3.05, 3.63) is 80.1 Å². The van der Waals surface area contributed by atoms with Crippen molar-refractivity contribution in [3.63, 3.8) is 0 Å². The molecule has 0 atom stereocenters. The third-order valence-electron chi connectivity index (χ3n) is 4.18. The maximum Gasteiger partial charge on any atom is 0.200 e. The fraction of sp³-hybridized carbons (Fsp3) is 0. The number of rotatable bonds is 2. The Labute approximate surface area is 176 Å². The molecule has 0 fully saturated rings. The molecule has 0 heterocycles. The van der Waals surface area contributed by atoms with Crippen LogP contribution in [0.3, 0.4) is 0 Å². The molecule has 0 aliphatic carbocycles. The first kappa shape index (κ1) is 23.9. The Morgan fingerprint density at radius 3 is 0.812 bits per heavy atom. The predicted octanol–water partition coefficient (Wildman–Crippen LogP) is 7.59. The molecule has 0 amide bonds. The Kier molecular flexibility index (Phi) is 5.95. The quantitative estimate of drug-likeness (QED) is 0.178. The molecular formula is C18BrF13. The largest absolute Gasteiger partial charge is 0.205 e. The van der Waals surface area contributed by atoms with Gasteiger partial charge in [0.25, 0.3) is 0 Å². The molecule has 0 aliphatic heterocycles. The van der Waals surface area contributed by atoms with Gasteiger partial charge in [-0.25, -0.2) is 57.1 Å². The molecule has 3 rings (SSSR count). The predicted molar refractivity (Wildman–Crippen MR) is 84.5 cm³/mol. The lowest BCUT2D eigenvalue weighted by molar-refractivity contribution is 0.379. The third-order valence-corrected chi connectivity index (χ3v) is 4.93. The Balaban J connectivity index is 2.59. The SMILES string of the molecule is Fc1c(F)c(F)c(-c2c(F)c(F)c(Br)c(-c3c(F)c(F)c(F)c(F)c3F)c2F)c(F)c1F. The van der Waals surface area contributed by atoms with E-state index in [4.69, 9.17) is 0 Å². The van der Waals surface area contributed by atoms with Crippen molar-refractivity contribution in [3.8, 4) is 22.3 Å². The molecule has 3 aromatic carbocycles. The monoisotopic (exact) mass is 542 g/mol. The zero-order chi connectivity index (χ0) is 24.4. The highest BCUT2D eigenvalue weighted by Crippen LogP contribution is 2.45. The molecule has 32 heavy (non-hydrogen) atoms. The van der Waals surface area contributed by atoms with Crippen LogP contribution in [0, 0.1) is 75.6 Å². The summed E-state index contributed by atoms with van der Waals surface area (Å²) in [5.41, 5.74) is -8.96. The maximum atomic E-state index is 15.0. The van der Waals surface area contributed by atoms with Gasteiger partial charge in [-0.1, -0.05) is 0 Å². The van der Waals surface area contributed by atoms with E-state index < -0.39 is 102 Å². The van der Waals surface area contributed by atoms with Crippen LogP contribution < -0.4 is 0 Å². The highest BCUT2D eigenvalue weighted by Gasteiger charge is 2.37. The molecule has 0 bridgehead atoms. The first-order valence-electron chi connectivity index (χ1n) is 7.65. The van der Waals surface area contributed by atoms with E-state index in [0.29, 0.717) is 0 Å². The van der Waals surface area contributed by atoms with E-state index in [1.807, 2.05) is 0 Å².